The molecule has 0 radical (unpaired) electrons. The van der Waals surface area contributed by atoms with Crippen LogP contribution in [0.15, 0.2) is 54.6 Å². The summed E-state index contributed by atoms with van der Waals surface area (Å²) < 4.78 is 5.92. The first-order valence-electron chi connectivity index (χ1n) is 14.7. The van der Waals surface area contributed by atoms with Gasteiger partial charge in [0, 0.05) is 12.0 Å². The Morgan fingerprint density at radius 1 is 0.872 bits per heavy atom. The van der Waals surface area contributed by atoms with Crippen LogP contribution in [0.1, 0.15) is 84.3 Å². The summed E-state index contributed by atoms with van der Waals surface area (Å²) in [6.45, 7) is 11.5. The highest BCUT2D eigenvalue weighted by Gasteiger charge is 2.29. The molecule has 6 heteroatoms. The number of carbonyl (C=O) groups excluding carboxylic acids is 2. The average Bonchev–Trinajstić information content (AvgIpc) is 2.90. The summed E-state index contributed by atoms with van der Waals surface area (Å²) in [5.74, 6) is 1.49. The van der Waals surface area contributed by atoms with Crippen molar-refractivity contribution in [2.75, 3.05) is 6.54 Å². The van der Waals surface area contributed by atoms with Gasteiger partial charge in [0.15, 0.2) is 0 Å². The molecule has 2 aromatic rings. The molecule has 3 rings (SSSR count). The zero-order valence-corrected chi connectivity index (χ0v) is 24.6. The predicted octanol–water partition coefficient (Wildman–Crippen LogP) is 5.79. The van der Waals surface area contributed by atoms with E-state index in [1.807, 2.05) is 75.4 Å². The molecular formula is C33H49N3O3. The maximum Gasteiger partial charge on any atom is 0.243 e. The largest absolute Gasteiger partial charge is 0.489 e. The lowest BCUT2D eigenvalue weighted by Crippen LogP contribution is -2.56. The number of ether oxygens (including phenoxy) is 1. The van der Waals surface area contributed by atoms with E-state index in [1.165, 1.54) is 32.1 Å². The summed E-state index contributed by atoms with van der Waals surface area (Å²) in [7, 11) is 0. The van der Waals surface area contributed by atoms with Crippen LogP contribution in [-0.4, -0.2) is 36.0 Å². The van der Waals surface area contributed by atoms with E-state index in [1.54, 1.807) is 0 Å². The van der Waals surface area contributed by atoms with E-state index in [2.05, 4.69) is 29.8 Å². The van der Waals surface area contributed by atoms with Crippen molar-refractivity contribution in [3.8, 4) is 5.75 Å². The zero-order valence-electron chi connectivity index (χ0n) is 24.6. The SMILES string of the molecule is CC(C)CC(NCC1CCCCC1)C(=O)NC(Cc1ccc(OCc2ccccc2)cc1)C(=O)NC(C)(C)C. The lowest BCUT2D eigenvalue weighted by molar-refractivity contribution is -0.131. The van der Waals surface area contributed by atoms with Crippen LogP contribution in [0.25, 0.3) is 0 Å². The number of rotatable bonds is 13. The van der Waals surface area contributed by atoms with E-state index in [9.17, 15) is 9.59 Å². The molecule has 1 aliphatic carbocycles. The third-order valence-electron chi connectivity index (χ3n) is 7.14. The van der Waals surface area contributed by atoms with Crippen LogP contribution in [0.4, 0.5) is 0 Å². The summed E-state index contributed by atoms with van der Waals surface area (Å²) in [5.41, 5.74) is 1.68. The van der Waals surface area contributed by atoms with Crippen LogP contribution in [-0.2, 0) is 22.6 Å². The Morgan fingerprint density at radius 2 is 1.54 bits per heavy atom. The van der Waals surface area contributed by atoms with Gasteiger partial charge in [0.2, 0.25) is 11.8 Å². The van der Waals surface area contributed by atoms with Gasteiger partial charge in [0.05, 0.1) is 6.04 Å². The first kappa shape index (κ1) is 30.7. The van der Waals surface area contributed by atoms with Gasteiger partial charge >= 0.3 is 0 Å². The predicted molar refractivity (Wildman–Crippen MR) is 159 cm³/mol. The molecule has 39 heavy (non-hydrogen) atoms. The number of benzene rings is 2. The number of nitrogens with one attached hydrogen (secondary N) is 3. The maximum atomic E-state index is 13.5. The van der Waals surface area contributed by atoms with Gasteiger partial charge in [-0.2, -0.15) is 0 Å². The fourth-order valence-corrected chi connectivity index (χ4v) is 5.09. The summed E-state index contributed by atoms with van der Waals surface area (Å²) in [5, 5.41) is 9.71. The Balaban J connectivity index is 1.66. The molecule has 1 aliphatic rings. The molecule has 3 N–H and O–H groups in total. The maximum absolute atomic E-state index is 13.5. The zero-order chi connectivity index (χ0) is 28.3. The van der Waals surface area contributed by atoms with Crippen LogP contribution in [0.5, 0.6) is 5.75 Å². The second-order valence-corrected chi connectivity index (χ2v) is 12.5. The van der Waals surface area contributed by atoms with E-state index >= 15 is 0 Å². The van der Waals surface area contributed by atoms with Crippen molar-refractivity contribution < 1.29 is 14.3 Å². The molecule has 0 aromatic heterocycles. The topological polar surface area (TPSA) is 79.5 Å². The first-order valence-corrected chi connectivity index (χ1v) is 14.7. The van der Waals surface area contributed by atoms with Gasteiger partial charge in [-0.25, -0.2) is 0 Å². The highest BCUT2D eigenvalue weighted by Crippen LogP contribution is 2.23. The molecule has 2 unspecified atom stereocenters. The third kappa shape index (κ3) is 11.4. The number of carbonyl (C=O) groups is 2. The average molecular weight is 536 g/mol. The van der Waals surface area contributed by atoms with Gasteiger partial charge < -0.3 is 20.7 Å². The van der Waals surface area contributed by atoms with Crippen LogP contribution in [0.3, 0.4) is 0 Å². The minimum absolute atomic E-state index is 0.101. The summed E-state index contributed by atoms with van der Waals surface area (Å²) in [6, 6.07) is 16.8. The van der Waals surface area contributed by atoms with Gasteiger partial charge in [-0.1, -0.05) is 75.6 Å². The van der Waals surface area contributed by atoms with Crippen LogP contribution >= 0.6 is 0 Å². The molecule has 0 heterocycles. The molecular weight excluding hydrogens is 486 g/mol. The minimum atomic E-state index is -0.668. The highest BCUT2D eigenvalue weighted by molar-refractivity contribution is 5.90. The molecule has 0 spiro atoms. The molecule has 0 bridgehead atoms. The lowest BCUT2D eigenvalue weighted by atomic mass is 9.89. The Labute approximate surface area is 235 Å². The van der Waals surface area contributed by atoms with Crippen molar-refractivity contribution >= 4 is 11.8 Å². The fraction of sp³-hybridized carbons (Fsp3) is 0.576. The number of amides is 2. The highest BCUT2D eigenvalue weighted by atomic mass is 16.5. The van der Waals surface area contributed by atoms with Crippen molar-refractivity contribution in [1.29, 1.82) is 0 Å². The van der Waals surface area contributed by atoms with Crippen LogP contribution in [0, 0.1) is 11.8 Å². The minimum Gasteiger partial charge on any atom is -0.489 e. The molecule has 0 aliphatic heterocycles. The number of hydrogen-bond donors (Lipinski definition) is 3. The summed E-state index contributed by atoms with van der Waals surface area (Å²) in [4.78, 5) is 26.8. The summed E-state index contributed by atoms with van der Waals surface area (Å²) in [6.07, 6.45) is 7.47. The van der Waals surface area contributed by atoms with Gasteiger partial charge in [0.25, 0.3) is 0 Å². The molecule has 6 nitrogen and oxygen atoms in total. The molecule has 2 aromatic carbocycles. The molecule has 2 atom stereocenters. The van der Waals surface area contributed by atoms with Crippen molar-refractivity contribution in [3.05, 3.63) is 65.7 Å². The lowest BCUT2D eigenvalue weighted by Gasteiger charge is -2.29. The first-order chi connectivity index (χ1) is 18.6. The Hall–Kier alpha value is -2.86. The van der Waals surface area contributed by atoms with Gasteiger partial charge in [0.1, 0.15) is 18.4 Å². The third-order valence-corrected chi connectivity index (χ3v) is 7.14. The van der Waals surface area contributed by atoms with Crippen LogP contribution in [0.2, 0.25) is 0 Å². The Kier molecular flexibility index (Phi) is 11.9. The van der Waals surface area contributed by atoms with Crippen molar-refractivity contribution in [1.82, 2.24) is 16.0 Å². The van der Waals surface area contributed by atoms with E-state index in [-0.39, 0.29) is 17.9 Å². The monoisotopic (exact) mass is 535 g/mol. The van der Waals surface area contributed by atoms with Crippen molar-refractivity contribution in [2.45, 2.75) is 104 Å². The number of hydrogen-bond acceptors (Lipinski definition) is 4. The van der Waals surface area contributed by atoms with Crippen molar-refractivity contribution in [2.24, 2.45) is 11.8 Å². The van der Waals surface area contributed by atoms with E-state index < -0.39 is 11.6 Å². The Morgan fingerprint density at radius 3 is 2.15 bits per heavy atom. The van der Waals surface area contributed by atoms with Gasteiger partial charge in [-0.3, -0.25) is 9.59 Å². The molecule has 0 saturated heterocycles. The quantitative estimate of drug-likeness (QED) is 0.303. The van der Waals surface area contributed by atoms with Gasteiger partial charge in [-0.15, -0.1) is 0 Å². The standard InChI is InChI=1S/C33H49N3O3/c1-24(2)20-29(34-22-26-12-8-6-9-13-26)31(37)35-30(32(38)36-33(3,4)5)21-25-16-18-28(19-17-25)39-23-27-14-10-7-11-15-27/h7,10-11,14-19,24,26,29-30,34H,6,8-9,12-13,20-23H2,1-5H3,(H,35,37)(H,36,38). The second-order valence-electron chi connectivity index (χ2n) is 12.5. The normalized spacial score (nSPS) is 15.9. The summed E-state index contributed by atoms with van der Waals surface area (Å²) >= 11 is 0. The van der Waals surface area contributed by atoms with E-state index in [0.717, 1.165) is 29.8 Å². The van der Waals surface area contributed by atoms with E-state index in [0.29, 0.717) is 24.9 Å². The van der Waals surface area contributed by atoms with Crippen molar-refractivity contribution in [3.63, 3.8) is 0 Å². The Bertz CT molecular complexity index is 1010. The van der Waals surface area contributed by atoms with Gasteiger partial charge in [-0.05, 0) is 81.7 Å². The smallest absolute Gasteiger partial charge is 0.243 e. The second kappa shape index (κ2) is 15.1. The molecule has 2 amide bonds. The fourth-order valence-electron chi connectivity index (χ4n) is 5.09. The molecule has 1 saturated carbocycles. The van der Waals surface area contributed by atoms with E-state index in [4.69, 9.17) is 4.74 Å². The molecule has 1 fully saturated rings. The molecule has 214 valence electrons. The van der Waals surface area contributed by atoms with Crippen LogP contribution < -0.4 is 20.7 Å².